The molecule has 0 N–H and O–H groups in total. The van der Waals surface area contributed by atoms with E-state index in [1.807, 2.05) is 30.3 Å². The summed E-state index contributed by atoms with van der Waals surface area (Å²) in [6.45, 7) is 0. The molecule has 0 aliphatic carbocycles. The smallest absolute Gasteiger partial charge is 0.0981 e. The maximum Gasteiger partial charge on any atom is 0.157 e. The van der Waals surface area contributed by atoms with Crippen molar-refractivity contribution in [1.29, 1.82) is 0 Å². The van der Waals surface area contributed by atoms with Gasteiger partial charge in [-0.2, -0.15) is 0 Å². The van der Waals surface area contributed by atoms with Crippen LogP contribution in [0, 0.1) is 4.29 Å². The van der Waals surface area contributed by atoms with Crippen LogP contribution in [-0.4, -0.2) is 0 Å². The summed E-state index contributed by atoms with van der Waals surface area (Å²) in [5, 5.41) is 0. The first kappa shape index (κ1) is 7.10. The first-order valence-corrected chi connectivity index (χ1v) is 3.71. The molecule has 0 nitrogen and oxygen atoms in total. The van der Waals surface area contributed by atoms with E-state index in [0.717, 1.165) is 5.56 Å². The Morgan fingerprint density at radius 3 is 2.11 bits per heavy atom. The van der Waals surface area contributed by atoms with Gasteiger partial charge in [0.05, 0.1) is 0 Å². The van der Waals surface area contributed by atoms with E-state index in [1.165, 1.54) is 0 Å². The monoisotopic (exact) mass is 203 g/mol. The zero-order valence-electron chi connectivity index (χ0n) is 4.64. The standard InChI is InChI=1S/C7H5BrCl/c8-7(9)6-4-2-1-3-5-6/h1-5H. The van der Waals surface area contributed by atoms with E-state index in [2.05, 4.69) is 15.9 Å². The molecule has 9 heavy (non-hydrogen) atoms. The van der Waals surface area contributed by atoms with Gasteiger partial charge in [0.25, 0.3) is 0 Å². The zero-order valence-corrected chi connectivity index (χ0v) is 6.98. The van der Waals surface area contributed by atoms with Gasteiger partial charge in [0.2, 0.25) is 0 Å². The van der Waals surface area contributed by atoms with Crippen LogP contribution in [0.2, 0.25) is 0 Å². The number of rotatable bonds is 1. The van der Waals surface area contributed by atoms with Crippen LogP contribution in [0.15, 0.2) is 30.3 Å². The number of benzene rings is 1. The first-order chi connectivity index (χ1) is 4.30. The van der Waals surface area contributed by atoms with E-state index in [0.29, 0.717) is 4.29 Å². The van der Waals surface area contributed by atoms with Crippen molar-refractivity contribution in [2.24, 2.45) is 0 Å². The van der Waals surface area contributed by atoms with Crippen LogP contribution in [0.3, 0.4) is 0 Å². The molecule has 0 aliphatic heterocycles. The Morgan fingerprint density at radius 1 is 1.22 bits per heavy atom. The molecule has 0 unspecified atom stereocenters. The molecule has 0 amide bonds. The molecular weight excluding hydrogens is 199 g/mol. The van der Waals surface area contributed by atoms with Crippen molar-refractivity contribution in [1.82, 2.24) is 0 Å². The third-order valence-electron chi connectivity index (χ3n) is 0.992. The van der Waals surface area contributed by atoms with Crippen molar-refractivity contribution >= 4 is 27.5 Å². The molecule has 0 bridgehead atoms. The first-order valence-electron chi connectivity index (χ1n) is 2.54. The van der Waals surface area contributed by atoms with Gasteiger partial charge in [-0.05, 0) is 5.56 Å². The van der Waals surface area contributed by atoms with E-state index in [4.69, 9.17) is 11.6 Å². The molecule has 0 atom stereocenters. The van der Waals surface area contributed by atoms with Gasteiger partial charge in [-0.3, -0.25) is 0 Å². The van der Waals surface area contributed by atoms with Gasteiger partial charge in [-0.15, -0.1) is 0 Å². The summed E-state index contributed by atoms with van der Waals surface area (Å²) < 4.78 is 0.656. The van der Waals surface area contributed by atoms with Crippen LogP contribution in [-0.2, 0) is 0 Å². The molecule has 2 heteroatoms. The fraction of sp³-hybridized carbons (Fsp3) is 0. The Morgan fingerprint density at radius 2 is 1.78 bits per heavy atom. The van der Waals surface area contributed by atoms with Crippen molar-refractivity contribution in [3.05, 3.63) is 40.2 Å². The maximum atomic E-state index is 5.64. The number of hydrogen-bond donors (Lipinski definition) is 0. The van der Waals surface area contributed by atoms with Crippen LogP contribution in [0.1, 0.15) is 5.56 Å². The lowest BCUT2D eigenvalue weighted by atomic mass is 10.2. The van der Waals surface area contributed by atoms with Crippen molar-refractivity contribution < 1.29 is 0 Å². The normalized spacial score (nSPS) is 10.1. The second-order valence-electron chi connectivity index (χ2n) is 1.63. The molecule has 0 spiro atoms. The van der Waals surface area contributed by atoms with Crippen molar-refractivity contribution in [2.75, 3.05) is 0 Å². The Bertz CT molecular complexity index is 172. The summed E-state index contributed by atoms with van der Waals surface area (Å²) in [7, 11) is 0. The Labute approximate surface area is 68.0 Å². The third-order valence-corrected chi connectivity index (χ3v) is 1.67. The summed E-state index contributed by atoms with van der Waals surface area (Å²) in [6.07, 6.45) is 0. The van der Waals surface area contributed by atoms with Crippen LogP contribution in [0.5, 0.6) is 0 Å². The second-order valence-corrected chi connectivity index (χ2v) is 3.25. The van der Waals surface area contributed by atoms with E-state index >= 15 is 0 Å². The molecule has 0 aliphatic rings. The fourth-order valence-electron chi connectivity index (χ4n) is 0.564. The highest BCUT2D eigenvalue weighted by atomic mass is 79.9. The summed E-state index contributed by atoms with van der Waals surface area (Å²) >= 11 is 8.80. The minimum absolute atomic E-state index is 0.656. The topological polar surface area (TPSA) is 0 Å². The van der Waals surface area contributed by atoms with Crippen molar-refractivity contribution in [2.45, 2.75) is 0 Å². The van der Waals surface area contributed by atoms with Crippen molar-refractivity contribution in [3.8, 4) is 0 Å². The highest BCUT2D eigenvalue weighted by molar-refractivity contribution is 9.11. The molecule has 0 heterocycles. The quantitative estimate of drug-likeness (QED) is 0.659. The average Bonchev–Trinajstić information content (AvgIpc) is 1.90. The van der Waals surface area contributed by atoms with E-state index in [9.17, 15) is 0 Å². The lowest BCUT2D eigenvalue weighted by molar-refractivity contribution is 1.57. The van der Waals surface area contributed by atoms with Gasteiger partial charge in [0.1, 0.15) is 0 Å². The lowest BCUT2D eigenvalue weighted by Gasteiger charge is -1.96. The average molecular weight is 204 g/mol. The Hall–Kier alpha value is -0.0100. The molecule has 0 saturated heterocycles. The van der Waals surface area contributed by atoms with Gasteiger partial charge in [0.15, 0.2) is 4.29 Å². The molecule has 1 aromatic rings. The summed E-state index contributed by atoms with van der Waals surface area (Å²) in [5.41, 5.74) is 1.01. The zero-order chi connectivity index (χ0) is 6.69. The van der Waals surface area contributed by atoms with Crippen LogP contribution in [0.25, 0.3) is 0 Å². The minimum Gasteiger partial charge on any atom is -0.0981 e. The van der Waals surface area contributed by atoms with Crippen LogP contribution < -0.4 is 0 Å². The molecule has 1 rings (SSSR count). The summed E-state index contributed by atoms with van der Waals surface area (Å²) in [5.74, 6) is 0. The highest BCUT2D eigenvalue weighted by Gasteiger charge is 1.99. The predicted molar refractivity (Wildman–Crippen MR) is 43.6 cm³/mol. The largest absolute Gasteiger partial charge is 0.157 e. The summed E-state index contributed by atoms with van der Waals surface area (Å²) in [4.78, 5) is 0. The second kappa shape index (κ2) is 3.23. The Balaban J connectivity index is 2.85. The molecule has 1 radical (unpaired) electrons. The van der Waals surface area contributed by atoms with Crippen LogP contribution >= 0.6 is 27.5 Å². The number of halogens is 2. The lowest BCUT2D eigenvalue weighted by Crippen LogP contribution is -1.77. The van der Waals surface area contributed by atoms with Crippen LogP contribution in [0.4, 0.5) is 0 Å². The molecule has 47 valence electrons. The summed E-state index contributed by atoms with van der Waals surface area (Å²) in [6, 6.07) is 9.72. The number of hydrogen-bond acceptors (Lipinski definition) is 0. The SMILES string of the molecule is Cl[C](Br)c1ccccc1. The highest BCUT2D eigenvalue weighted by Crippen LogP contribution is 2.24. The molecular formula is C7H5BrCl. The van der Waals surface area contributed by atoms with Gasteiger partial charge >= 0.3 is 0 Å². The molecule has 1 aromatic carbocycles. The molecule has 0 fully saturated rings. The van der Waals surface area contributed by atoms with Gasteiger partial charge in [-0.1, -0.05) is 57.9 Å². The fourth-order valence-corrected chi connectivity index (χ4v) is 0.954. The van der Waals surface area contributed by atoms with E-state index < -0.39 is 0 Å². The van der Waals surface area contributed by atoms with E-state index in [1.54, 1.807) is 0 Å². The van der Waals surface area contributed by atoms with Gasteiger partial charge < -0.3 is 0 Å². The third kappa shape index (κ3) is 1.99. The van der Waals surface area contributed by atoms with Gasteiger partial charge in [-0.25, -0.2) is 0 Å². The minimum atomic E-state index is 0.656. The molecule has 0 saturated carbocycles. The predicted octanol–water partition coefficient (Wildman–Crippen LogP) is 3.16. The molecule has 0 aromatic heterocycles. The van der Waals surface area contributed by atoms with Crippen molar-refractivity contribution in [3.63, 3.8) is 0 Å². The van der Waals surface area contributed by atoms with E-state index in [-0.39, 0.29) is 0 Å². The van der Waals surface area contributed by atoms with Gasteiger partial charge in [0, 0.05) is 0 Å². The maximum absolute atomic E-state index is 5.64. The Kier molecular flexibility index (Phi) is 2.55.